The monoisotopic (exact) mass is 344 g/mol. The lowest BCUT2D eigenvalue weighted by atomic mass is 9.81. The molecule has 1 aromatic carbocycles. The average Bonchev–Trinajstić information content (AvgIpc) is 2.98. The first-order chi connectivity index (χ1) is 10.4. The van der Waals surface area contributed by atoms with Crippen LogP contribution in [0.15, 0.2) is 18.2 Å². The van der Waals surface area contributed by atoms with E-state index in [2.05, 4.69) is 0 Å². The van der Waals surface area contributed by atoms with Crippen molar-refractivity contribution in [1.29, 1.82) is 0 Å². The number of likely N-dealkylation sites (tertiary alicyclic amines) is 1. The lowest BCUT2D eigenvalue weighted by Crippen LogP contribution is -2.35. The lowest BCUT2D eigenvalue weighted by molar-refractivity contribution is -0.385. The number of hydrogen-bond donors (Lipinski definition) is 1. The van der Waals surface area contributed by atoms with E-state index in [-0.39, 0.29) is 36.1 Å². The molecular weight excluding hydrogens is 327 g/mol. The third kappa shape index (κ3) is 2.90. The van der Waals surface area contributed by atoms with Crippen molar-refractivity contribution >= 4 is 24.1 Å². The summed E-state index contributed by atoms with van der Waals surface area (Å²) in [5, 5.41) is 20.6. The van der Waals surface area contributed by atoms with Gasteiger partial charge in [-0.25, -0.2) is 4.39 Å². The van der Waals surface area contributed by atoms with E-state index in [9.17, 15) is 24.4 Å². The number of carboxylic acid groups (broad SMARTS) is 1. The van der Waals surface area contributed by atoms with Gasteiger partial charge in [0.25, 0.3) is 5.69 Å². The molecule has 23 heavy (non-hydrogen) atoms. The molecule has 0 bridgehead atoms. The first-order valence-electron chi connectivity index (χ1n) is 7.31. The van der Waals surface area contributed by atoms with Crippen LogP contribution in [0, 0.1) is 27.3 Å². The van der Waals surface area contributed by atoms with Crippen molar-refractivity contribution in [3.63, 3.8) is 0 Å². The van der Waals surface area contributed by atoms with Crippen LogP contribution in [0.5, 0.6) is 0 Å². The van der Waals surface area contributed by atoms with Crippen LogP contribution in [0.2, 0.25) is 0 Å². The molecule has 126 valence electrons. The fourth-order valence-electron chi connectivity index (χ4n) is 3.96. The number of fused-ring (bicyclic) bond motifs is 1. The van der Waals surface area contributed by atoms with Crippen LogP contribution in [0.4, 0.5) is 10.1 Å². The van der Waals surface area contributed by atoms with Gasteiger partial charge in [-0.05, 0) is 24.8 Å². The van der Waals surface area contributed by atoms with Crippen LogP contribution in [0.1, 0.15) is 24.8 Å². The Balaban J connectivity index is 0.00000192. The van der Waals surface area contributed by atoms with Crippen LogP contribution in [-0.2, 0) is 11.3 Å². The van der Waals surface area contributed by atoms with E-state index < -0.39 is 22.1 Å². The van der Waals surface area contributed by atoms with E-state index >= 15 is 0 Å². The normalized spacial score (nSPS) is 26.6. The first kappa shape index (κ1) is 17.6. The lowest BCUT2D eigenvalue weighted by Gasteiger charge is -2.23. The Bertz CT molecular complexity index is 642. The number of nitro benzene ring substituents is 1. The van der Waals surface area contributed by atoms with E-state index in [1.165, 1.54) is 18.2 Å². The van der Waals surface area contributed by atoms with Crippen LogP contribution in [-0.4, -0.2) is 34.0 Å². The van der Waals surface area contributed by atoms with Crippen molar-refractivity contribution in [3.05, 3.63) is 39.7 Å². The smallest absolute Gasteiger partial charge is 0.311 e. The quantitative estimate of drug-likeness (QED) is 0.670. The van der Waals surface area contributed by atoms with E-state index in [1.54, 1.807) is 0 Å². The highest BCUT2D eigenvalue weighted by atomic mass is 35.5. The van der Waals surface area contributed by atoms with Crippen molar-refractivity contribution in [1.82, 2.24) is 4.90 Å². The maximum Gasteiger partial charge on any atom is 0.311 e. The van der Waals surface area contributed by atoms with Gasteiger partial charge in [0.15, 0.2) is 0 Å². The van der Waals surface area contributed by atoms with Gasteiger partial charge in [-0.15, -0.1) is 12.4 Å². The van der Waals surface area contributed by atoms with Crippen molar-refractivity contribution in [2.45, 2.75) is 25.8 Å². The van der Waals surface area contributed by atoms with Gasteiger partial charge in [0.1, 0.15) is 5.82 Å². The van der Waals surface area contributed by atoms with Gasteiger partial charge in [-0.1, -0.05) is 12.5 Å². The number of benzene rings is 1. The Hall–Kier alpha value is -1.73. The zero-order valence-corrected chi connectivity index (χ0v) is 13.2. The van der Waals surface area contributed by atoms with Gasteiger partial charge in [-0.3, -0.25) is 19.8 Å². The zero-order chi connectivity index (χ0) is 15.9. The summed E-state index contributed by atoms with van der Waals surface area (Å²) in [5.74, 6) is -1.37. The molecule has 1 aromatic rings. The minimum absolute atomic E-state index is 0. The molecule has 2 atom stereocenters. The molecular formula is C15H18ClFN2O4. The molecule has 1 heterocycles. The number of aliphatic carboxylic acids is 1. The SMILES string of the molecule is Cl.O=C(O)[C@@]12CCC[C@H]1CN(Cc1c(F)cccc1[N+](=O)[O-])C2. The Kier molecular flexibility index (Phi) is 4.91. The highest BCUT2D eigenvalue weighted by Crippen LogP contribution is 2.49. The van der Waals surface area contributed by atoms with Gasteiger partial charge in [-0.2, -0.15) is 0 Å². The minimum atomic E-state index is -0.805. The van der Waals surface area contributed by atoms with E-state index in [1.807, 2.05) is 4.90 Å². The van der Waals surface area contributed by atoms with Gasteiger partial charge >= 0.3 is 5.97 Å². The largest absolute Gasteiger partial charge is 0.481 e. The second-order valence-electron chi connectivity index (χ2n) is 6.21. The van der Waals surface area contributed by atoms with Gasteiger partial charge < -0.3 is 5.11 Å². The van der Waals surface area contributed by atoms with Crippen LogP contribution < -0.4 is 0 Å². The predicted molar refractivity (Wildman–Crippen MR) is 83.0 cm³/mol. The second-order valence-corrected chi connectivity index (χ2v) is 6.21. The Labute approximate surface area is 138 Å². The number of hydrogen-bond acceptors (Lipinski definition) is 4. The van der Waals surface area contributed by atoms with Crippen LogP contribution in [0.25, 0.3) is 0 Å². The van der Waals surface area contributed by atoms with Crippen molar-refractivity contribution in [3.8, 4) is 0 Å². The fraction of sp³-hybridized carbons (Fsp3) is 0.533. The third-order valence-corrected chi connectivity index (χ3v) is 5.04. The molecule has 1 N–H and O–H groups in total. The fourth-order valence-corrected chi connectivity index (χ4v) is 3.96. The Morgan fingerprint density at radius 1 is 1.52 bits per heavy atom. The molecule has 0 spiro atoms. The number of carboxylic acids is 1. The summed E-state index contributed by atoms with van der Waals surface area (Å²) < 4.78 is 14.0. The molecule has 0 unspecified atom stereocenters. The summed E-state index contributed by atoms with van der Waals surface area (Å²) in [6.07, 6.45) is 2.37. The molecule has 2 aliphatic rings. The number of nitro groups is 1. The Morgan fingerprint density at radius 2 is 2.26 bits per heavy atom. The highest BCUT2D eigenvalue weighted by Gasteiger charge is 2.54. The molecule has 1 saturated heterocycles. The molecule has 8 heteroatoms. The number of halogens is 2. The first-order valence-corrected chi connectivity index (χ1v) is 7.31. The summed E-state index contributed by atoms with van der Waals surface area (Å²) in [7, 11) is 0. The molecule has 1 saturated carbocycles. The third-order valence-electron chi connectivity index (χ3n) is 5.04. The van der Waals surface area contributed by atoms with E-state index in [4.69, 9.17) is 0 Å². The van der Waals surface area contributed by atoms with Crippen molar-refractivity contribution < 1.29 is 19.2 Å². The summed E-state index contributed by atoms with van der Waals surface area (Å²) >= 11 is 0. The zero-order valence-electron chi connectivity index (χ0n) is 12.4. The molecule has 0 radical (unpaired) electrons. The van der Waals surface area contributed by atoms with Crippen LogP contribution >= 0.6 is 12.4 Å². The second kappa shape index (κ2) is 6.41. The van der Waals surface area contributed by atoms with Crippen molar-refractivity contribution in [2.24, 2.45) is 11.3 Å². The Morgan fingerprint density at radius 3 is 2.87 bits per heavy atom. The molecule has 6 nitrogen and oxygen atoms in total. The number of rotatable bonds is 4. The van der Waals surface area contributed by atoms with Crippen LogP contribution in [0.3, 0.4) is 0 Å². The van der Waals surface area contributed by atoms with Gasteiger partial charge in [0, 0.05) is 25.7 Å². The van der Waals surface area contributed by atoms with E-state index in [0.29, 0.717) is 19.5 Å². The topological polar surface area (TPSA) is 83.7 Å². The predicted octanol–water partition coefficient (Wildman–Crippen LogP) is 2.84. The minimum Gasteiger partial charge on any atom is -0.481 e. The summed E-state index contributed by atoms with van der Waals surface area (Å²) in [4.78, 5) is 23.9. The maximum absolute atomic E-state index is 14.0. The number of carbonyl (C=O) groups is 1. The summed E-state index contributed by atoms with van der Waals surface area (Å²) in [6, 6.07) is 3.79. The van der Waals surface area contributed by atoms with Gasteiger partial charge in [0.05, 0.1) is 15.9 Å². The maximum atomic E-state index is 14.0. The van der Waals surface area contributed by atoms with Gasteiger partial charge in [0.2, 0.25) is 0 Å². The van der Waals surface area contributed by atoms with E-state index in [0.717, 1.165) is 12.8 Å². The molecule has 2 fully saturated rings. The molecule has 1 aliphatic heterocycles. The van der Waals surface area contributed by atoms with Crippen molar-refractivity contribution in [2.75, 3.05) is 13.1 Å². The standard InChI is InChI=1S/C15H17FN2O4.ClH/c16-12-4-1-5-13(18(21)22)11(12)8-17-7-10-3-2-6-15(10,9-17)14(19)20;/h1,4-5,10H,2-3,6-9H2,(H,19,20);1H/t10-,15+;/m0./s1. The average molecular weight is 345 g/mol. The highest BCUT2D eigenvalue weighted by molar-refractivity contribution is 5.85. The summed E-state index contributed by atoms with van der Waals surface area (Å²) in [6.45, 7) is 0.963. The molecule has 0 aromatic heterocycles. The molecule has 3 rings (SSSR count). The summed E-state index contributed by atoms with van der Waals surface area (Å²) in [5.41, 5.74) is -0.977. The molecule has 0 amide bonds. The molecule has 1 aliphatic carbocycles. The number of nitrogens with zero attached hydrogens (tertiary/aromatic N) is 2.